The molecule has 1 heterocycles. The molecule has 0 bridgehead atoms. The first-order valence-electron chi connectivity index (χ1n) is 6.87. The highest BCUT2D eigenvalue weighted by Gasteiger charge is 2.28. The fourth-order valence-corrected chi connectivity index (χ4v) is 4.16. The largest absolute Gasteiger partial charge is 0.325 e. The second-order valence-corrected chi connectivity index (χ2v) is 7.27. The molecule has 1 atom stereocenters. The summed E-state index contributed by atoms with van der Waals surface area (Å²) in [6.07, 6.45) is 2.85. The van der Waals surface area contributed by atoms with E-state index in [0.29, 0.717) is 0 Å². The Morgan fingerprint density at radius 1 is 1.29 bits per heavy atom. The standard InChI is InChI=1S/C17H17NOS2/c1-11-6-7-12-9-16(21-15(12)8-11)17(19)18-13-4-3-5-14(10-13)20-2/h3-8,10,16H,9H2,1-2H3,(H,18,19)/t16-/m0/s1. The summed E-state index contributed by atoms with van der Waals surface area (Å²) in [5, 5.41) is 3.01. The van der Waals surface area contributed by atoms with Crippen LogP contribution < -0.4 is 5.32 Å². The van der Waals surface area contributed by atoms with Gasteiger partial charge in [0.1, 0.15) is 0 Å². The van der Waals surface area contributed by atoms with E-state index in [4.69, 9.17) is 0 Å². The van der Waals surface area contributed by atoms with Crippen molar-refractivity contribution in [3.8, 4) is 0 Å². The molecule has 2 aromatic carbocycles. The number of nitrogens with one attached hydrogen (secondary N) is 1. The van der Waals surface area contributed by atoms with Gasteiger partial charge in [-0.25, -0.2) is 0 Å². The van der Waals surface area contributed by atoms with Crippen molar-refractivity contribution in [2.24, 2.45) is 0 Å². The second-order valence-electron chi connectivity index (χ2n) is 5.14. The van der Waals surface area contributed by atoms with Crippen LogP contribution in [0.5, 0.6) is 0 Å². The van der Waals surface area contributed by atoms with E-state index in [-0.39, 0.29) is 11.2 Å². The van der Waals surface area contributed by atoms with Gasteiger partial charge in [0.05, 0.1) is 5.25 Å². The lowest BCUT2D eigenvalue weighted by Gasteiger charge is -2.10. The minimum atomic E-state index is -0.0280. The summed E-state index contributed by atoms with van der Waals surface area (Å²) in [5.41, 5.74) is 3.40. The van der Waals surface area contributed by atoms with Crippen molar-refractivity contribution >= 4 is 35.1 Å². The molecule has 0 saturated carbocycles. The number of benzene rings is 2. The van der Waals surface area contributed by atoms with E-state index in [1.165, 1.54) is 16.0 Å². The summed E-state index contributed by atoms with van der Waals surface area (Å²) in [6, 6.07) is 14.4. The molecule has 0 unspecified atom stereocenters. The maximum atomic E-state index is 12.4. The van der Waals surface area contributed by atoms with Gasteiger partial charge < -0.3 is 5.32 Å². The lowest BCUT2D eigenvalue weighted by atomic mass is 10.1. The van der Waals surface area contributed by atoms with Crippen LogP contribution in [-0.2, 0) is 11.2 Å². The third kappa shape index (κ3) is 3.27. The van der Waals surface area contributed by atoms with Gasteiger partial charge in [0.25, 0.3) is 0 Å². The smallest absolute Gasteiger partial charge is 0.238 e. The van der Waals surface area contributed by atoms with Crippen molar-refractivity contribution in [1.29, 1.82) is 0 Å². The quantitative estimate of drug-likeness (QED) is 0.853. The van der Waals surface area contributed by atoms with Crippen LogP contribution in [0.3, 0.4) is 0 Å². The normalized spacial score (nSPS) is 16.6. The third-order valence-electron chi connectivity index (χ3n) is 3.53. The van der Waals surface area contributed by atoms with Gasteiger partial charge in [-0.15, -0.1) is 23.5 Å². The van der Waals surface area contributed by atoms with Crippen molar-refractivity contribution in [2.75, 3.05) is 11.6 Å². The van der Waals surface area contributed by atoms with Gasteiger partial charge in [-0.2, -0.15) is 0 Å². The molecule has 0 radical (unpaired) electrons. The molecule has 1 aliphatic rings. The van der Waals surface area contributed by atoms with Crippen LogP contribution in [0, 0.1) is 6.92 Å². The van der Waals surface area contributed by atoms with Gasteiger partial charge >= 0.3 is 0 Å². The predicted molar refractivity (Wildman–Crippen MR) is 91.4 cm³/mol. The minimum absolute atomic E-state index is 0.0280. The zero-order chi connectivity index (χ0) is 14.8. The highest BCUT2D eigenvalue weighted by Crippen LogP contribution is 2.38. The van der Waals surface area contributed by atoms with Crippen LogP contribution in [0.15, 0.2) is 52.3 Å². The molecule has 0 saturated heterocycles. The Kier molecular flexibility index (Phi) is 4.27. The third-order valence-corrected chi connectivity index (χ3v) is 5.55. The van der Waals surface area contributed by atoms with Gasteiger partial charge in [0, 0.05) is 15.5 Å². The maximum absolute atomic E-state index is 12.4. The number of aryl methyl sites for hydroxylation is 1. The molecule has 0 spiro atoms. The Morgan fingerprint density at radius 3 is 2.95 bits per heavy atom. The lowest BCUT2D eigenvalue weighted by molar-refractivity contribution is -0.115. The van der Waals surface area contributed by atoms with E-state index in [9.17, 15) is 4.79 Å². The number of carbonyl (C=O) groups is 1. The number of hydrogen-bond acceptors (Lipinski definition) is 3. The van der Waals surface area contributed by atoms with Crippen LogP contribution in [0.2, 0.25) is 0 Å². The first-order valence-corrected chi connectivity index (χ1v) is 8.97. The molecule has 1 aliphatic heterocycles. The molecule has 1 amide bonds. The van der Waals surface area contributed by atoms with E-state index in [1.807, 2.05) is 30.5 Å². The highest BCUT2D eigenvalue weighted by molar-refractivity contribution is 8.01. The molecule has 4 heteroatoms. The Balaban J connectivity index is 1.70. The molecule has 2 aromatic rings. The van der Waals surface area contributed by atoms with Crippen LogP contribution in [0.25, 0.3) is 0 Å². The number of anilines is 1. The summed E-state index contributed by atoms with van der Waals surface area (Å²) < 4.78 is 0. The fraction of sp³-hybridized carbons (Fsp3) is 0.235. The van der Waals surface area contributed by atoms with Crippen molar-refractivity contribution in [2.45, 2.75) is 28.4 Å². The molecule has 1 N–H and O–H groups in total. The summed E-state index contributed by atoms with van der Waals surface area (Å²) >= 11 is 3.35. The van der Waals surface area contributed by atoms with Crippen LogP contribution in [0.1, 0.15) is 11.1 Å². The van der Waals surface area contributed by atoms with E-state index in [1.54, 1.807) is 23.5 Å². The molecular weight excluding hydrogens is 298 g/mol. The molecule has 3 rings (SSSR count). The SMILES string of the molecule is CSc1cccc(NC(=O)[C@@H]2Cc3ccc(C)cc3S2)c1. The van der Waals surface area contributed by atoms with Gasteiger partial charge in [0.2, 0.25) is 5.91 Å². The first-order chi connectivity index (χ1) is 10.2. The number of amides is 1. The fourth-order valence-electron chi connectivity index (χ4n) is 2.40. The number of fused-ring (bicyclic) bond motifs is 1. The topological polar surface area (TPSA) is 29.1 Å². The Hall–Kier alpha value is -1.39. The number of hydrogen-bond donors (Lipinski definition) is 1. The van der Waals surface area contributed by atoms with Crippen molar-refractivity contribution < 1.29 is 4.79 Å². The monoisotopic (exact) mass is 315 g/mol. The van der Waals surface area contributed by atoms with Crippen LogP contribution in [0.4, 0.5) is 5.69 Å². The average molecular weight is 315 g/mol. The summed E-state index contributed by atoms with van der Waals surface area (Å²) in [7, 11) is 0. The Labute approximate surface area is 133 Å². The maximum Gasteiger partial charge on any atom is 0.238 e. The van der Waals surface area contributed by atoms with Crippen molar-refractivity contribution in [3.63, 3.8) is 0 Å². The minimum Gasteiger partial charge on any atom is -0.325 e. The summed E-state index contributed by atoms with van der Waals surface area (Å²) in [5.74, 6) is 0.0899. The summed E-state index contributed by atoms with van der Waals surface area (Å²) in [6.45, 7) is 2.09. The summed E-state index contributed by atoms with van der Waals surface area (Å²) in [4.78, 5) is 14.8. The molecule has 0 aliphatic carbocycles. The zero-order valence-corrected chi connectivity index (χ0v) is 13.7. The van der Waals surface area contributed by atoms with Gasteiger partial charge in [-0.05, 0) is 49.4 Å². The van der Waals surface area contributed by atoms with E-state index in [2.05, 4.69) is 30.4 Å². The molecule has 0 fully saturated rings. The molecule has 21 heavy (non-hydrogen) atoms. The van der Waals surface area contributed by atoms with Crippen LogP contribution >= 0.6 is 23.5 Å². The highest BCUT2D eigenvalue weighted by atomic mass is 32.2. The Bertz CT molecular complexity index is 684. The molecule has 0 aromatic heterocycles. The van der Waals surface area contributed by atoms with Gasteiger partial charge in [-0.3, -0.25) is 4.79 Å². The van der Waals surface area contributed by atoms with Crippen molar-refractivity contribution in [3.05, 3.63) is 53.6 Å². The van der Waals surface area contributed by atoms with Crippen LogP contribution in [-0.4, -0.2) is 17.4 Å². The lowest BCUT2D eigenvalue weighted by Crippen LogP contribution is -2.24. The molecular formula is C17H17NOS2. The number of thioether (sulfide) groups is 2. The van der Waals surface area contributed by atoms with Gasteiger partial charge in [0.15, 0.2) is 0 Å². The van der Waals surface area contributed by atoms with E-state index >= 15 is 0 Å². The molecule has 2 nitrogen and oxygen atoms in total. The second kappa shape index (κ2) is 6.16. The van der Waals surface area contributed by atoms with E-state index in [0.717, 1.165) is 17.0 Å². The first kappa shape index (κ1) is 14.5. The molecule has 108 valence electrons. The van der Waals surface area contributed by atoms with Gasteiger partial charge in [-0.1, -0.05) is 23.8 Å². The number of carbonyl (C=O) groups excluding carboxylic acids is 1. The average Bonchev–Trinajstić information content (AvgIpc) is 2.90. The zero-order valence-electron chi connectivity index (χ0n) is 12.1. The number of rotatable bonds is 3. The van der Waals surface area contributed by atoms with E-state index < -0.39 is 0 Å². The predicted octanol–water partition coefficient (Wildman–Crippen LogP) is 4.37. The van der Waals surface area contributed by atoms with Crippen molar-refractivity contribution in [1.82, 2.24) is 0 Å². The Morgan fingerprint density at radius 2 is 2.14 bits per heavy atom.